The molecule has 1 saturated heterocycles. The van der Waals surface area contributed by atoms with Crippen molar-refractivity contribution in [2.45, 2.75) is 64.1 Å². The summed E-state index contributed by atoms with van der Waals surface area (Å²) in [6.45, 7) is 9.68. The van der Waals surface area contributed by atoms with E-state index in [1.54, 1.807) is 13.8 Å². The van der Waals surface area contributed by atoms with E-state index in [0.717, 1.165) is 0 Å². The van der Waals surface area contributed by atoms with Crippen LogP contribution in [0, 0.1) is 12.3 Å². The highest BCUT2D eigenvalue weighted by Gasteiger charge is 2.77. The van der Waals surface area contributed by atoms with E-state index in [2.05, 4.69) is 6.58 Å². The van der Waals surface area contributed by atoms with Crippen LogP contribution < -0.4 is 0 Å². The van der Waals surface area contributed by atoms with Gasteiger partial charge < -0.3 is 23.7 Å². The van der Waals surface area contributed by atoms with Crippen LogP contribution in [0.1, 0.15) is 55.0 Å². The fourth-order valence-electron chi connectivity index (χ4n) is 4.59. The largest absolute Gasteiger partial charge is 0.460 e. The van der Waals surface area contributed by atoms with Gasteiger partial charge >= 0.3 is 11.9 Å². The van der Waals surface area contributed by atoms with Gasteiger partial charge in [0.15, 0.2) is 17.5 Å². The zero-order valence-corrected chi connectivity index (χ0v) is 16.1. The fraction of sp³-hybridized carbons (Fsp3) is 0.550. The Bertz CT molecular complexity index is 913. The maximum Gasteiger partial charge on any atom is 0.333 e. The van der Waals surface area contributed by atoms with E-state index >= 15 is 0 Å². The van der Waals surface area contributed by atoms with Gasteiger partial charge in [-0.3, -0.25) is 9.59 Å². The second-order valence-electron chi connectivity index (χ2n) is 8.11. The molecule has 1 saturated carbocycles. The fourth-order valence-corrected chi connectivity index (χ4v) is 4.59. The van der Waals surface area contributed by atoms with Gasteiger partial charge in [-0.2, -0.15) is 0 Å². The SMILES string of the molecule is C=C(C)C(=O)OC1c2c(C)coc2C(=O)C2(O)C(OC(C)=O)C3OC3CC12C. The van der Waals surface area contributed by atoms with E-state index in [1.165, 1.54) is 20.1 Å². The Morgan fingerprint density at radius 3 is 2.61 bits per heavy atom. The van der Waals surface area contributed by atoms with E-state index in [0.29, 0.717) is 11.1 Å². The number of carbonyl (C=O) groups excluding carboxylic acids is 3. The van der Waals surface area contributed by atoms with Crippen LogP contribution in [0.2, 0.25) is 0 Å². The maximum atomic E-state index is 13.4. The summed E-state index contributed by atoms with van der Waals surface area (Å²) >= 11 is 0. The molecule has 1 N–H and O–H groups in total. The normalized spacial score (nSPS) is 38.0. The molecular weight excluding hydrogens is 368 g/mol. The molecule has 2 fully saturated rings. The van der Waals surface area contributed by atoms with Crippen molar-refractivity contribution in [1.29, 1.82) is 0 Å². The number of Topliss-reactive ketones (excluding diaryl/α,β-unsaturated/α-hetero) is 1. The van der Waals surface area contributed by atoms with Crippen LogP contribution in [-0.4, -0.2) is 46.7 Å². The summed E-state index contributed by atoms with van der Waals surface area (Å²) < 4.78 is 22.1. The quantitative estimate of drug-likeness (QED) is 0.472. The molecule has 28 heavy (non-hydrogen) atoms. The van der Waals surface area contributed by atoms with Crippen LogP contribution in [0.5, 0.6) is 0 Å². The molecule has 1 aromatic rings. The Morgan fingerprint density at radius 2 is 2.00 bits per heavy atom. The predicted molar refractivity (Wildman–Crippen MR) is 93.3 cm³/mol. The molecule has 2 aliphatic carbocycles. The van der Waals surface area contributed by atoms with Crippen LogP contribution >= 0.6 is 0 Å². The van der Waals surface area contributed by atoms with Gasteiger partial charge in [0.05, 0.1) is 17.8 Å². The van der Waals surface area contributed by atoms with Gasteiger partial charge in [-0.05, 0) is 25.8 Å². The van der Waals surface area contributed by atoms with Crippen molar-refractivity contribution < 1.29 is 38.1 Å². The van der Waals surface area contributed by atoms with E-state index in [-0.39, 0.29) is 23.9 Å². The van der Waals surface area contributed by atoms with Crippen molar-refractivity contribution in [2.75, 3.05) is 0 Å². The van der Waals surface area contributed by atoms with Crippen molar-refractivity contribution in [2.24, 2.45) is 5.41 Å². The van der Waals surface area contributed by atoms with Crippen LogP contribution in [0.4, 0.5) is 0 Å². The molecule has 1 aliphatic heterocycles. The lowest BCUT2D eigenvalue weighted by Crippen LogP contribution is -2.70. The summed E-state index contributed by atoms with van der Waals surface area (Å²) in [5, 5.41) is 11.7. The zero-order valence-electron chi connectivity index (χ0n) is 16.1. The van der Waals surface area contributed by atoms with Gasteiger partial charge in [0, 0.05) is 18.1 Å². The Hall–Kier alpha value is -2.45. The second kappa shape index (κ2) is 5.78. The highest BCUT2D eigenvalue weighted by Crippen LogP contribution is 2.63. The maximum absolute atomic E-state index is 13.4. The van der Waals surface area contributed by atoms with Crippen molar-refractivity contribution in [3.63, 3.8) is 0 Å². The summed E-state index contributed by atoms with van der Waals surface area (Å²) in [6, 6.07) is 0. The van der Waals surface area contributed by atoms with E-state index in [9.17, 15) is 19.5 Å². The first-order valence-corrected chi connectivity index (χ1v) is 9.06. The highest BCUT2D eigenvalue weighted by atomic mass is 16.6. The lowest BCUT2D eigenvalue weighted by molar-refractivity contribution is -0.209. The molecule has 6 atom stereocenters. The number of ether oxygens (including phenoxy) is 3. The summed E-state index contributed by atoms with van der Waals surface area (Å²) in [5.41, 5.74) is -2.26. The lowest BCUT2D eigenvalue weighted by Gasteiger charge is -2.53. The molecule has 2 heterocycles. The predicted octanol–water partition coefficient (Wildman–Crippen LogP) is 1.78. The van der Waals surface area contributed by atoms with Gasteiger partial charge in [0.25, 0.3) is 0 Å². The number of carbonyl (C=O) groups is 3. The third-order valence-corrected chi connectivity index (χ3v) is 6.11. The number of hydrogen-bond donors (Lipinski definition) is 1. The van der Waals surface area contributed by atoms with Gasteiger partial charge in [-0.1, -0.05) is 13.5 Å². The third kappa shape index (κ3) is 2.28. The monoisotopic (exact) mass is 390 g/mol. The molecule has 3 aliphatic rings. The number of aliphatic hydroxyl groups is 1. The number of esters is 2. The smallest absolute Gasteiger partial charge is 0.333 e. The standard InChI is InChI=1S/C20H22O8/c1-8(2)18(23)28-16-12-9(3)7-25-14(12)15(22)20(24)17(26-10(4)21)13-11(27-13)6-19(16,20)5/h7,11,13,16-17,24H,1,6H2,2-5H3. The molecule has 0 radical (unpaired) electrons. The van der Waals surface area contributed by atoms with Gasteiger partial charge in [0.1, 0.15) is 12.2 Å². The number of epoxide rings is 1. The van der Waals surface area contributed by atoms with Crippen molar-refractivity contribution >= 4 is 17.7 Å². The molecule has 0 aromatic carbocycles. The Balaban J connectivity index is 1.91. The number of fused-ring (bicyclic) bond motifs is 3. The number of ketones is 1. The van der Waals surface area contributed by atoms with Crippen molar-refractivity contribution in [3.8, 4) is 0 Å². The molecule has 4 rings (SSSR count). The highest BCUT2D eigenvalue weighted by molar-refractivity contribution is 6.05. The topological polar surface area (TPSA) is 116 Å². The van der Waals surface area contributed by atoms with Gasteiger partial charge in [-0.25, -0.2) is 4.79 Å². The summed E-state index contributed by atoms with van der Waals surface area (Å²) in [5.74, 6) is -2.12. The summed E-state index contributed by atoms with van der Waals surface area (Å²) in [4.78, 5) is 37.4. The van der Waals surface area contributed by atoms with Crippen molar-refractivity contribution in [1.82, 2.24) is 0 Å². The van der Waals surface area contributed by atoms with Crippen LogP contribution in [0.25, 0.3) is 0 Å². The van der Waals surface area contributed by atoms with Crippen LogP contribution in [0.15, 0.2) is 22.8 Å². The minimum absolute atomic E-state index is 0.103. The summed E-state index contributed by atoms with van der Waals surface area (Å²) in [7, 11) is 0. The molecule has 0 amide bonds. The van der Waals surface area contributed by atoms with E-state index < -0.39 is 47.0 Å². The molecule has 0 spiro atoms. The average Bonchev–Trinajstić information content (AvgIpc) is 3.26. The molecule has 0 bridgehead atoms. The molecule has 6 unspecified atom stereocenters. The average molecular weight is 390 g/mol. The molecule has 8 heteroatoms. The summed E-state index contributed by atoms with van der Waals surface area (Å²) in [6.07, 6.45) is -1.52. The molecule has 8 nitrogen and oxygen atoms in total. The molecular formula is C20H22O8. The molecule has 150 valence electrons. The second-order valence-corrected chi connectivity index (χ2v) is 8.11. The first kappa shape index (κ1) is 18.9. The number of rotatable bonds is 3. The van der Waals surface area contributed by atoms with Gasteiger partial charge in [0.2, 0.25) is 5.78 Å². The third-order valence-electron chi connectivity index (χ3n) is 6.11. The van der Waals surface area contributed by atoms with Crippen LogP contribution in [-0.2, 0) is 23.8 Å². The van der Waals surface area contributed by atoms with Gasteiger partial charge in [-0.15, -0.1) is 0 Å². The Morgan fingerprint density at radius 1 is 1.32 bits per heavy atom. The number of hydrogen-bond acceptors (Lipinski definition) is 8. The van der Waals surface area contributed by atoms with E-state index in [4.69, 9.17) is 18.6 Å². The first-order valence-electron chi connectivity index (χ1n) is 9.06. The molecule has 1 aromatic heterocycles. The Labute approximate surface area is 161 Å². The number of furan rings is 1. The van der Waals surface area contributed by atoms with Crippen LogP contribution in [0.3, 0.4) is 0 Å². The lowest BCUT2D eigenvalue weighted by atomic mass is 9.54. The zero-order chi connectivity index (χ0) is 20.6. The number of aryl methyl sites for hydroxylation is 1. The minimum atomic E-state index is -2.17. The van der Waals surface area contributed by atoms with E-state index in [1.807, 2.05) is 0 Å². The Kier molecular flexibility index (Phi) is 3.90. The van der Waals surface area contributed by atoms with Crippen molar-refractivity contribution in [3.05, 3.63) is 35.3 Å². The first-order chi connectivity index (χ1) is 13.0. The minimum Gasteiger partial charge on any atom is -0.460 e.